The molecule has 0 spiro atoms. The molecule has 1 rings (SSSR count). The molecule has 54 valence electrons. The van der Waals surface area contributed by atoms with Gasteiger partial charge in [-0.3, -0.25) is 0 Å². The van der Waals surface area contributed by atoms with Crippen LogP contribution in [0.5, 0.6) is 0 Å². The molecule has 0 aliphatic heterocycles. The highest BCUT2D eigenvalue weighted by Crippen LogP contribution is 2.12. The van der Waals surface area contributed by atoms with E-state index >= 15 is 0 Å². The largest absolute Gasteiger partial charge is 0.389 e. The van der Waals surface area contributed by atoms with Crippen LogP contribution in [0.1, 0.15) is 24.2 Å². The van der Waals surface area contributed by atoms with Gasteiger partial charge in [-0.2, -0.15) is 0 Å². The molecule has 0 aliphatic carbocycles. The molecule has 0 aromatic heterocycles. The first kappa shape index (κ1) is 7.29. The molecule has 0 amide bonds. The van der Waals surface area contributed by atoms with E-state index in [1.807, 2.05) is 31.2 Å². The SMILES string of the molecule is Cc1cccc([C@@H](C)O)c1. The zero-order valence-corrected chi connectivity index (χ0v) is 6.33. The summed E-state index contributed by atoms with van der Waals surface area (Å²) in [7, 11) is 0. The maximum Gasteiger partial charge on any atom is 0.0762 e. The summed E-state index contributed by atoms with van der Waals surface area (Å²) in [4.78, 5) is 0. The van der Waals surface area contributed by atoms with Gasteiger partial charge in [0, 0.05) is 0 Å². The first-order valence-corrected chi connectivity index (χ1v) is 3.45. The second-order valence-corrected chi connectivity index (χ2v) is 2.59. The molecule has 1 N–H and O–H groups in total. The number of hydrogen-bond acceptors (Lipinski definition) is 1. The van der Waals surface area contributed by atoms with Crippen LogP contribution in [0.3, 0.4) is 0 Å². The van der Waals surface area contributed by atoms with Crippen molar-refractivity contribution in [3.05, 3.63) is 35.4 Å². The third-order valence-electron chi connectivity index (χ3n) is 1.52. The summed E-state index contributed by atoms with van der Waals surface area (Å²) in [6.07, 6.45) is -0.347. The molecule has 1 heteroatoms. The van der Waals surface area contributed by atoms with Gasteiger partial charge in [-0.05, 0) is 19.4 Å². The van der Waals surface area contributed by atoms with Crippen LogP contribution in [0.15, 0.2) is 24.3 Å². The molecule has 0 aliphatic rings. The zero-order chi connectivity index (χ0) is 7.56. The average molecular weight is 136 g/mol. The number of benzene rings is 1. The first-order valence-electron chi connectivity index (χ1n) is 3.45. The number of aliphatic hydroxyl groups excluding tert-OH is 1. The molecule has 10 heavy (non-hydrogen) atoms. The van der Waals surface area contributed by atoms with E-state index in [1.54, 1.807) is 6.92 Å². The second kappa shape index (κ2) is 2.84. The van der Waals surface area contributed by atoms with Crippen LogP contribution >= 0.6 is 0 Å². The fraction of sp³-hybridized carbons (Fsp3) is 0.333. The standard InChI is InChI=1S/C9H12O/c1-7-4-3-5-9(6-7)8(2)10/h3-6,8,10H,1-2H3/t8-/m1/s1. The summed E-state index contributed by atoms with van der Waals surface area (Å²) in [6, 6.07) is 7.89. The Hall–Kier alpha value is -0.820. The molecule has 1 nitrogen and oxygen atoms in total. The minimum Gasteiger partial charge on any atom is -0.389 e. The van der Waals surface area contributed by atoms with Gasteiger partial charge < -0.3 is 5.11 Å². The van der Waals surface area contributed by atoms with Crippen LogP contribution in [0.25, 0.3) is 0 Å². The van der Waals surface area contributed by atoms with Gasteiger partial charge in [-0.1, -0.05) is 29.8 Å². The van der Waals surface area contributed by atoms with Gasteiger partial charge in [0.25, 0.3) is 0 Å². The second-order valence-electron chi connectivity index (χ2n) is 2.59. The normalized spacial score (nSPS) is 13.1. The van der Waals surface area contributed by atoms with Crippen LogP contribution in [0.2, 0.25) is 0 Å². The van der Waals surface area contributed by atoms with Crippen LogP contribution in [-0.2, 0) is 0 Å². The summed E-state index contributed by atoms with van der Waals surface area (Å²) < 4.78 is 0. The van der Waals surface area contributed by atoms with E-state index in [2.05, 4.69) is 0 Å². The third-order valence-corrected chi connectivity index (χ3v) is 1.52. The van der Waals surface area contributed by atoms with Crippen LogP contribution in [-0.4, -0.2) is 5.11 Å². The fourth-order valence-corrected chi connectivity index (χ4v) is 0.930. The lowest BCUT2D eigenvalue weighted by Gasteiger charge is -2.03. The Morgan fingerprint density at radius 3 is 2.50 bits per heavy atom. The quantitative estimate of drug-likeness (QED) is 0.626. The Kier molecular flexibility index (Phi) is 2.07. The van der Waals surface area contributed by atoms with E-state index in [9.17, 15) is 0 Å². The monoisotopic (exact) mass is 136 g/mol. The van der Waals surface area contributed by atoms with Crippen molar-refractivity contribution in [2.45, 2.75) is 20.0 Å². The predicted molar refractivity (Wildman–Crippen MR) is 41.8 cm³/mol. The van der Waals surface area contributed by atoms with Crippen molar-refractivity contribution >= 4 is 0 Å². The van der Waals surface area contributed by atoms with Crippen molar-refractivity contribution in [1.29, 1.82) is 0 Å². The van der Waals surface area contributed by atoms with Gasteiger partial charge in [-0.25, -0.2) is 0 Å². The molecule has 0 radical (unpaired) electrons. The predicted octanol–water partition coefficient (Wildman–Crippen LogP) is 2.05. The van der Waals surface area contributed by atoms with E-state index in [-0.39, 0.29) is 6.10 Å². The first-order chi connectivity index (χ1) is 4.70. The van der Waals surface area contributed by atoms with E-state index in [4.69, 9.17) is 5.11 Å². The number of aliphatic hydroxyl groups is 1. The molecule has 0 heterocycles. The van der Waals surface area contributed by atoms with E-state index in [0.717, 1.165) is 5.56 Å². The molecule has 1 atom stereocenters. The van der Waals surface area contributed by atoms with Crippen LogP contribution < -0.4 is 0 Å². The van der Waals surface area contributed by atoms with Crippen molar-refractivity contribution in [3.63, 3.8) is 0 Å². The van der Waals surface area contributed by atoms with Crippen molar-refractivity contribution in [2.24, 2.45) is 0 Å². The van der Waals surface area contributed by atoms with Crippen molar-refractivity contribution < 1.29 is 5.11 Å². The van der Waals surface area contributed by atoms with E-state index < -0.39 is 0 Å². The lowest BCUT2D eigenvalue weighted by molar-refractivity contribution is 0.199. The Bertz CT molecular complexity index is 216. The van der Waals surface area contributed by atoms with Crippen LogP contribution in [0.4, 0.5) is 0 Å². The summed E-state index contributed by atoms with van der Waals surface area (Å²) in [6.45, 7) is 3.79. The molecular formula is C9H12O. The van der Waals surface area contributed by atoms with Crippen molar-refractivity contribution in [1.82, 2.24) is 0 Å². The van der Waals surface area contributed by atoms with Crippen LogP contribution in [0, 0.1) is 6.92 Å². The smallest absolute Gasteiger partial charge is 0.0762 e. The fourth-order valence-electron chi connectivity index (χ4n) is 0.930. The molecule has 0 fully saturated rings. The maximum atomic E-state index is 9.15. The summed E-state index contributed by atoms with van der Waals surface area (Å²) in [5.41, 5.74) is 2.18. The highest BCUT2D eigenvalue weighted by atomic mass is 16.3. The van der Waals surface area contributed by atoms with E-state index in [1.165, 1.54) is 5.56 Å². The molecule has 0 saturated heterocycles. The molecule has 1 aromatic carbocycles. The minimum absolute atomic E-state index is 0.347. The Morgan fingerprint density at radius 1 is 1.40 bits per heavy atom. The average Bonchev–Trinajstić information content (AvgIpc) is 1.88. The molecule has 0 unspecified atom stereocenters. The maximum absolute atomic E-state index is 9.15. The molecule has 0 bridgehead atoms. The van der Waals surface area contributed by atoms with Gasteiger partial charge >= 0.3 is 0 Å². The van der Waals surface area contributed by atoms with Gasteiger partial charge in [0.05, 0.1) is 6.10 Å². The summed E-state index contributed by atoms with van der Waals surface area (Å²) in [5.74, 6) is 0. The highest BCUT2D eigenvalue weighted by Gasteiger charge is 1.97. The van der Waals surface area contributed by atoms with Gasteiger partial charge in [0.15, 0.2) is 0 Å². The minimum atomic E-state index is -0.347. The number of rotatable bonds is 1. The van der Waals surface area contributed by atoms with Crippen molar-refractivity contribution in [3.8, 4) is 0 Å². The topological polar surface area (TPSA) is 20.2 Å². The van der Waals surface area contributed by atoms with E-state index in [0.29, 0.717) is 0 Å². The third kappa shape index (κ3) is 1.58. The van der Waals surface area contributed by atoms with Gasteiger partial charge in [-0.15, -0.1) is 0 Å². The highest BCUT2D eigenvalue weighted by molar-refractivity contribution is 5.23. The summed E-state index contributed by atoms with van der Waals surface area (Å²) >= 11 is 0. The molecular weight excluding hydrogens is 124 g/mol. The van der Waals surface area contributed by atoms with Gasteiger partial charge in [0.1, 0.15) is 0 Å². The molecule has 0 saturated carbocycles. The lowest BCUT2D eigenvalue weighted by Crippen LogP contribution is -1.89. The Labute approximate surface area is 61.3 Å². The Balaban J connectivity index is 2.96. The number of aryl methyl sites for hydroxylation is 1. The van der Waals surface area contributed by atoms with Crippen molar-refractivity contribution in [2.75, 3.05) is 0 Å². The zero-order valence-electron chi connectivity index (χ0n) is 6.33. The number of hydrogen-bond donors (Lipinski definition) is 1. The Morgan fingerprint density at radius 2 is 2.10 bits per heavy atom. The van der Waals surface area contributed by atoms with Gasteiger partial charge in [0.2, 0.25) is 0 Å². The molecule has 1 aromatic rings. The lowest BCUT2D eigenvalue weighted by atomic mass is 10.1. The summed E-state index contributed by atoms with van der Waals surface area (Å²) in [5, 5.41) is 9.15.